The first-order valence-electron chi connectivity index (χ1n) is 7.65. The molecule has 110 valence electrons. The van der Waals surface area contributed by atoms with E-state index in [1.165, 1.54) is 28.4 Å². The lowest BCUT2D eigenvalue weighted by Crippen LogP contribution is -2.26. The molecule has 0 fully saturated rings. The molecular weight excluding hydrogens is 318 g/mol. The third-order valence-electron chi connectivity index (χ3n) is 4.04. The van der Waals surface area contributed by atoms with E-state index in [1.54, 1.807) is 0 Å². The van der Waals surface area contributed by atoms with Gasteiger partial charge in [-0.1, -0.05) is 22.9 Å². The maximum Gasteiger partial charge on any atom is 0.166 e. The first-order chi connectivity index (χ1) is 9.81. The van der Waals surface area contributed by atoms with E-state index >= 15 is 0 Å². The van der Waals surface area contributed by atoms with Crippen LogP contribution in [0.4, 0.5) is 0 Å². The van der Waals surface area contributed by atoms with Crippen molar-refractivity contribution in [3.63, 3.8) is 0 Å². The van der Waals surface area contributed by atoms with Crippen molar-refractivity contribution in [2.24, 2.45) is 0 Å². The first kappa shape index (κ1) is 14.2. The molecule has 0 saturated heterocycles. The zero-order chi connectivity index (χ0) is 13.9. The lowest BCUT2D eigenvalue weighted by molar-refractivity contribution is 0.294. The molecule has 0 radical (unpaired) electrons. The van der Waals surface area contributed by atoms with Gasteiger partial charge in [0.15, 0.2) is 11.5 Å². The van der Waals surface area contributed by atoms with Gasteiger partial charge in [-0.2, -0.15) is 0 Å². The van der Waals surface area contributed by atoms with Crippen molar-refractivity contribution in [1.82, 2.24) is 5.32 Å². The number of halogens is 1. The van der Waals surface area contributed by atoms with Crippen LogP contribution in [-0.2, 0) is 6.42 Å². The highest BCUT2D eigenvalue weighted by Crippen LogP contribution is 2.46. The lowest BCUT2D eigenvalue weighted by Gasteiger charge is -2.30. The Balaban J connectivity index is 2.04. The molecule has 0 spiro atoms. The summed E-state index contributed by atoms with van der Waals surface area (Å²) in [6, 6.07) is 2.48. The van der Waals surface area contributed by atoms with Crippen LogP contribution in [0.2, 0.25) is 0 Å². The molecule has 2 aliphatic rings. The van der Waals surface area contributed by atoms with Crippen LogP contribution in [0, 0.1) is 0 Å². The smallest absolute Gasteiger partial charge is 0.166 e. The van der Waals surface area contributed by atoms with Crippen molar-refractivity contribution in [2.75, 3.05) is 19.8 Å². The zero-order valence-corrected chi connectivity index (χ0v) is 13.6. The van der Waals surface area contributed by atoms with E-state index in [0.29, 0.717) is 6.04 Å². The van der Waals surface area contributed by atoms with Gasteiger partial charge >= 0.3 is 0 Å². The van der Waals surface area contributed by atoms with Crippen molar-refractivity contribution >= 4 is 15.9 Å². The summed E-state index contributed by atoms with van der Waals surface area (Å²) in [7, 11) is 0. The number of hydrogen-bond acceptors (Lipinski definition) is 3. The predicted octanol–water partition coefficient (Wildman–Crippen LogP) is 3.99. The highest BCUT2D eigenvalue weighted by atomic mass is 79.9. The third-order valence-corrected chi connectivity index (χ3v) is 4.75. The van der Waals surface area contributed by atoms with Gasteiger partial charge in [-0.05, 0) is 43.9 Å². The Morgan fingerprint density at radius 3 is 3.00 bits per heavy atom. The molecule has 0 bridgehead atoms. The average molecular weight is 340 g/mol. The molecule has 1 aliphatic carbocycles. The number of fused-ring (bicyclic) bond motifs is 3. The van der Waals surface area contributed by atoms with Crippen molar-refractivity contribution in [3.8, 4) is 11.5 Å². The molecule has 4 heteroatoms. The first-order valence-corrected chi connectivity index (χ1v) is 8.44. The quantitative estimate of drug-likeness (QED) is 0.903. The Morgan fingerprint density at radius 1 is 1.30 bits per heavy atom. The molecule has 1 aromatic carbocycles. The molecule has 3 nitrogen and oxygen atoms in total. The van der Waals surface area contributed by atoms with E-state index < -0.39 is 0 Å². The van der Waals surface area contributed by atoms with E-state index in [-0.39, 0.29) is 0 Å². The normalized spacial score (nSPS) is 21.2. The highest BCUT2D eigenvalue weighted by molar-refractivity contribution is 9.10. The predicted molar refractivity (Wildman–Crippen MR) is 83.7 cm³/mol. The van der Waals surface area contributed by atoms with Crippen LogP contribution < -0.4 is 14.8 Å². The lowest BCUT2D eigenvalue weighted by atomic mass is 9.86. The summed E-state index contributed by atoms with van der Waals surface area (Å²) in [5.74, 6) is 1.88. The molecule has 0 aromatic heterocycles. The standard InChI is InChI=1S/C16H22BrNO2/c1-2-7-18-13-6-3-5-11-12(17)10-14-16(15(11)13)20-9-4-8-19-14/h10,13,18H,2-9H2,1H3. The minimum atomic E-state index is 0.395. The monoisotopic (exact) mass is 339 g/mol. The summed E-state index contributed by atoms with van der Waals surface area (Å²) >= 11 is 3.72. The van der Waals surface area contributed by atoms with Gasteiger partial charge in [0.1, 0.15) is 0 Å². The SMILES string of the molecule is CCCNC1CCCc2c(Br)cc3c(c21)OCCCO3. The molecule has 3 rings (SSSR count). The van der Waals surface area contributed by atoms with E-state index in [1.807, 2.05) is 0 Å². The Kier molecular flexibility index (Phi) is 4.51. The number of ether oxygens (including phenoxy) is 2. The zero-order valence-electron chi connectivity index (χ0n) is 12.0. The molecule has 1 aromatic rings. The summed E-state index contributed by atoms with van der Waals surface area (Å²) in [6.07, 6.45) is 5.64. The van der Waals surface area contributed by atoms with E-state index in [0.717, 1.165) is 50.5 Å². The number of hydrogen-bond donors (Lipinski definition) is 1. The second kappa shape index (κ2) is 6.35. The Hall–Kier alpha value is -0.740. The topological polar surface area (TPSA) is 30.5 Å². The van der Waals surface area contributed by atoms with E-state index in [4.69, 9.17) is 9.47 Å². The van der Waals surface area contributed by atoms with Crippen molar-refractivity contribution < 1.29 is 9.47 Å². The fraction of sp³-hybridized carbons (Fsp3) is 0.625. The molecular formula is C16H22BrNO2. The van der Waals surface area contributed by atoms with Crippen LogP contribution in [-0.4, -0.2) is 19.8 Å². The maximum absolute atomic E-state index is 6.03. The van der Waals surface area contributed by atoms with Gasteiger partial charge in [-0.25, -0.2) is 0 Å². The minimum absolute atomic E-state index is 0.395. The molecule has 1 aliphatic heterocycles. The van der Waals surface area contributed by atoms with Gasteiger partial charge in [0.05, 0.1) is 13.2 Å². The summed E-state index contributed by atoms with van der Waals surface area (Å²) in [5.41, 5.74) is 2.73. The summed E-state index contributed by atoms with van der Waals surface area (Å²) in [4.78, 5) is 0. The van der Waals surface area contributed by atoms with Crippen LogP contribution in [0.25, 0.3) is 0 Å². The number of benzene rings is 1. The summed E-state index contributed by atoms with van der Waals surface area (Å²) in [5, 5.41) is 3.67. The van der Waals surface area contributed by atoms with E-state index in [9.17, 15) is 0 Å². The highest BCUT2D eigenvalue weighted by Gasteiger charge is 2.29. The Bertz CT molecular complexity index is 490. The van der Waals surface area contributed by atoms with Crippen LogP contribution in [0.15, 0.2) is 10.5 Å². The molecule has 1 heterocycles. The fourth-order valence-electron chi connectivity index (χ4n) is 3.11. The minimum Gasteiger partial charge on any atom is -0.490 e. The van der Waals surface area contributed by atoms with Gasteiger partial charge < -0.3 is 14.8 Å². The molecule has 1 N–H and O–H groups in total. The van der Waals surface area contributed by atoms with Gasteiger partial charge in [0.2, 0.25) is 0 Å². The maximum atomic E-state index is 6.03. The van der Waals surface area contributed by atoms with Crippen LogP contribution in [0.1, 0.15) is 49.8 Å². The van der Waals surface area contributed by atoms with Crippen molar-refractivity contribution in [1.29, 1.82) is 0 Å². The van der Waals surface area contributed by atoms with Gasteiger partial charge in [-0.15, -0.1) is 0 Å². The molecule has 20 heavy (non-hydrogen) atoms. The number of rotatable bonds is 3. The molecule has 1 unspecified atom stereocenters. The summed E-state index contributed by atoms with van der Waals surface area (Å²) < 4.78 is 13.1. The fourth-order valence-corrected chi connectivity index (χ4v) is 3.73. The Morgan fingerprint density at radius 2 is 2.15 bits per heavy atom. The number of nitrogens with one attached hydrogen (secondary N) is 1. The second-order valence-electron chi connectivity index (χ2n) is 5.53. The summed E-state index contributed by atoms with van der Waals surface area (Å²) in [6.45, 7) is 4.75. The van der Waals surface area contributed by atoms with Crippen molar-refractivity contribution in [3.05, 3.63) is 21.7 Å². The molecule has 1 atom stereocenters. The van der Waals surface area contributed by atoms with Crippen LogP contribution in [0.3, 0.4) is 0 Å². The molecule has 0 saturated carbocycles. The van der Waals surface area contributed by atoms with Gasteiger partial charge in [0.25, 0.3) is 0 Å². The van der Waals surface area contributed by atoms with Crippen LogP contribution in [0.5, 0.6) is 11.5 Å². The second-order valence-corrected chi connectivity index (χ2v) is 6.38. The third kappa shape index (κ3) is 2.68. The van der Waals surface area contributed by atoms with E-state index in [2.05, 4.69) is 34.2 Å². The van der Waals surface area contributed by atoms with Gasteiger partial charge in [-0.3, -0.25) is 0 Å². The average Bonchev–Trinajstić information content (AvgIpc) is 2.70. The Labute approximate surface area is 129 Å². The largest absolute Gasteiger partial charge is 0.490 e. The molecule has 0 amide bonds. The van der Waals surface area contributed by atoms with Crippen LogP contribution >= 0.6 is 15.9 Å². The van der Waals surface area contributed by atoms with Gasteiger partial charge in [0, 0.05) is 22.5 Å². The van der Waals surface area contributed by atoms with Crippen molar-refractivity contribution in [2.45, 2.75) is 45.1 Å².